The molecule has 3 aliphatic rings. The van der Waals surface area contributed by atoms with Crippen LogP contribution in [0.15, 0.2) is 18.2 Å². The van der Waals surface area contributed by atoms with Gasteiger partial charge in [0.05, 0.1) is 19.6 Å². The Kier molecular flexibility index (Phi) is 4.82. The Bertz CT molecular complexity index is 651. The summed E-state index contributed by atoms with van der Waals surface area (Å²) < 4.78 is 10.8. The second-order valence-corrected chi connectivity index (χ2v) is 8.26. The third kappa shape index (κ3) is 3.54. The minimum absolute atomic E-state index is 0.143. The van der Waals surface area contributed by atoms with Gasteiger partial charge in [-0.3, -0.25) is 9.69 Å². The lowest BCUT2D eigenvalue weighted by atomic mass is 9.78. The molecular weight excluding hydrogens is 328 g/mol. The molecule has 26 heavy (non-hydrogen) atoms. The maximum atomic E-state index is 13.2. The van der Waals surface area contributed by atoms with Crippen LogP contribution in [-0.4, -0.2) is 56.1 Å². The summed E-state index contributed by atoms with van der Waals surface area (Å²) in [7, 11) is 3.36. The normalized spacial score (nSPS) is 26.5. The van der Waals surface area contributed by atoms with Gasteiger partial charge >= 0.3 is 0 Å². The molecule has 1 atom stereocenters. The summed E-state index contributed by atoms with van der Waals surface area (Å²) in [5, 5.41) is 0. The molecule has 0 bridgehead atoms. The van der Waals surface area contributed by atoms with Crippen molar-refractivity contribution in [3.63, 3.8) is 0 Å². The van der Waals surface area contributed by atoms with Gasteiger partial charge in [0.1, 0.15) is 11.5 Å². The molecule has 2 heterocycles. The van der Waals surface area contributed by atoms with E-state index in [1.807, 2.05) is 6.07 Å². The Hall–Kier alpha value is -1.75. The zero-order valence-electron chi connectivity index (χ0n) is 16.0. The van der Waals surface area contributed by atoms with Gasteiger partial charge in [-0.2, -0.15) is 0 Å². The molecule has 0 radical (unpaired) electrons. The summed E-state index contributed by atoms with van der Waals surface area (Å²) in [5.74, 6) is 2.83. The highest BCUT2D eigenvalue weighted by Crippen LogP contribution is 2.42. The minimum Gasteiger partial charge on any atom is -0.497 e. The first-order valence-corrected chi connectivity index (χ1v) is 9.85. The number of nitrogens with zero attached hydrogens (tertiary/aromatic N) is 2. The van der Waals surface area contributed by atoms with Crippen LogP contribution in [0.1, 0.15) is 37.7 Å². The first kappa shape index (κ1) is 17.7. The van der Waals surface area contributed by atoms with Gasteiger partial charge in [0.2, 0.25) is 5.91 Å². The van der Waals surface area contributed by atoms with Crippen molar-refractivity contribution in [3.05, 3.63) is 23.8 Å². The number of benzene rings is 1. The number of hydrogen-bond acceptors (Lipinski definition) is 4. The number of rotatable bonds is 6. The number of hydrogen-bond donors (Lipinski definition) is 0. The predicted molar refractivity (Wildman–Crippen MR) is 100 cm³/mol. The first-order valence-electron chi connectivity index (χ1n) is 9.85. The van der Waals surface area contributed by atoms with Crippen molar-refractivity contribution in [2.45, 2.75) is 38.6 Å². The molecule has 0 aromatic heterocycles. The Balaban J connectivity index is 1.43. The van der Waals surface area contributed by atoms with E-state index in [4.69, 9.17) is 9.47 Å². The maximum Gasteiger partial charge on any atom is 0.230 e. The smallest absolute Gasteiger partial charge is 0.230 e. The molecule has 1 amide bonds. The number of piperidine rings is 1. The van der Waals surface area contributed by atoms with Gasteiger partial charge in [-0.1, -0.05) is 0 Å². The number of likely N-dealkylation sites (tertiary alicyclic amines) is 2. The van der Waals surface area contributed by atoms with Gasteiger partial charge in [-0.25, -0.2) is 0 Å². The molecule has 1 aromatic carbocycles. The zero-order valence-corrected chi connectivity index (χ0v) is 16.0. The van der Waals surface area contributed by atoms with Crippen LogP contribution in [0.5, 0.6) is 11.5 Å². The van der Waals surface area contributed by atoms with E-state index in [0.717, 1.165) is 69.4 Å². The lowest BCUT2D eigenvalue weighted by Gasteiger charge is -2.39. The lowest BCUT2D eigenvalue weighted by Crippen LogP contribution is -2.50. The highest BCUT2D eigenvalue weighted by Gasteiger charge is 2.48. The molecule has 4 rings (SSSR count). The van der Waals surface area contributed by atoms with Gasteiger partial charge in [0.25, 0.3) is 0 Å². The van der Waals surface area contributed by atoms with E-state index in [2.05, 4.69) is 21.9 Å². The number of carbonyl (C=O) groups excluding carboxylic acids is 1. The van der Waals surface area contributed by atoms with Crippen LogP contribution in [0.4, 0.5) is 0 Å². The molecule has 1 aliphatic carbocycles. The van der Waals surface area contributed by atoms with E-state index in [1.54, 1.807) is 14.2 Å². The summed E-state index contributed by atoms with van der Waals surface area (Å²) in [6.07, 6.45) is 5.81. The number of ether oxygens (including phenoxy) is 2. The average molecular weight is 358 g/mol. The molecule has 0 unspecified atom stereocenters. The maximum absolute atomic E-state index is 13.2. The van der Waals surface area contributed by atoms with Crippen molar-refractivity contribution in [2.75, 3.05) is 40.4 Å². The number of carbonyl (C=O) groups is 1. The van der Waals surface area contributed by atoms with Gasteiger partial charge < -0.3 is 14.4 Å². The second kappa shape index (κ2) is 7.10. The molecule has 1 saturated carbocycles. The number of methoxy groups -OCH3 is 2. The van der Waals surface area contributed by atoms with Gasteiger partial charge in [0, 0.05) is 32.2 Å². The third-order valence-electron chi connectivity index (χ3n) is 6.25. The lowest BCUT2D eigenvalue weighted by molar-refractivity contribution is -0.145. The molecule has 3 fully saturated rings. The monoisotopic (exact) mass is 358 g/mol. The van der Waals surface area contributed by atoms with Crippen LogP contribution >= 0.6 is 0 Å². The van der Waals surface area contributed by atoms with Gasteiger partial charge in [0.15, 0.2) is 0 Å². The molecule has 0 N–H and O–H groups in total. The van der Waals surface area contributed by atoms with Gasteiger partial charge in [-0.05, 0) is 62.3 Å². The van der Waals surface area contributed by atoms with E-state index in [0.29, 0.717) is 5.91 Å². The summed E-state index contributed by atoms with van der Waals surface area (Å²) in [4.78, 5) is 17.8. The van der Waals surface area contributed by atoms with Crippen LogP contribution in [0.3, 0.4) is 0 Å². The number of amides is 1. The molecule has 5 heteroatoms. The Morgan fingerprint density at radius 3 is 2.46 bits per heavy atom. The first-order chi connectivity index (χ1) is 12.6. The summed E-state index contributed by atoms with van der Waals surface area (Å²) >= 11 is 0. The van der Waals surface area contributed by atoms with Crippen molar-refractivity contribution in [1.29, 1.82) is 0 Å². The van der Waals surface area contributed by atoms with E-state index in [-0.39, 0.29) is 5.41 Å². The van der Waals surface area contributed by atoms with Crippen LogP contribution in [0.2, 0.25) is 0 Å². The van der Waals surface area contributed by atoms with Crippen LogP contribution < -0.4 is 9.47 Å². The molecule has 5 nitrogen and oxygen atoms in total. The van der Waals surface area contributed by atoms with E-state index in [9.17, 15) is 4.79 Å². The molecule has 1 aromatic rings. The Morgan fingerprint density at radius 2 is 1.81 bits per heavy atom. The van der Waals surface area contributed by atoms with Crippen molar-refractivity contribution >= 4 is 5.91 Å². The predicted octanol–water partition coefficient (Wildman–Crippen LogP) is 2.93. The SMILES string of the molecule is COc1cc(CN2CC[C@@]3(CCCN(CC4CC4)C3=O)C2)cc(OC)c1. The highest BCUT2D eigenvalue weighted by molar-refractivity contribution is 5.84. The second-order valence-electron chi connectivity index (χ2n) is 8.26. The minimum atomic E-state index is -0.143. The average Bonchev–Trinajstić information content (AvgIpc) is 3.39. The van der Waals surface area contributed by atoms with Crippen molar-refractivity contribution < 1.29 is 14.3 Å². The molecule has 1 spiro atoms. The third-order valence-corrected chi connectivity index (χ3v) is 6.25. The van der Waals surface area contributed by atoms with E-state index in [1.165, 1.54) is 18.4 Å². The van der Waals surface area contributed by atoms with Crippen LogP contribution in [0, 0.1) is 11.3 Å². The summed E-state index contributed by atoms with van der Waals surface area (Å²) in [6.45, 7) is 4.66. The molecular formula is C21H30N2O3. The van der Waals surface area contributed by atoms with E-state index < -0.39 is 0 Å². The van der Waals surface area contributed by atoms with Crippen LogP contribution in [-0.2, 0) is 11.3 Å². The fraction of sp³-hybridized carbons (Fsp3) is 0.667. The topological polar surface area (TPSA) is 42.0 Å². The standard InChI is InChI=1S/C21H30N2O3/c1-25-18-10-17(11-19(12-18)26-2)13-22-9-7-21(15-22)6-3-8-23(20(21)24)14-16-4-5-16/h10-12,16H,3-9,13-15H2,1-2H3/t21-/m0/s1. The largest absolute Gasteiger partial charge is 0.497 e. The summed E-state index contributed by atoms with van der Waals surface area (Å²) in [5.41, 5.74) is 1.03. The van der Waals surface area contributed by atoms with E-state index >= 15 is 0 Å². The van der Waals surface area contributed by atoms with Crippen molar-refractivity contribution in [3.8, 4) is 11.5 Å². The highest BCUT2D eigenvalue weighted by atomic mass is 16.5. The zero-order chi connectivity index (χ0) is 18.1. The fourth-order valence-electron chi connectivity index (χ4n) is 4.63. The molecule has 142 valence electrons. The van der Waals surface area contributed by atoms with Gasteiger partial charge in [-0.15, -0.1) is 0 Å². The van der Waals surface area contributed by atoms with Crippen LogP contribution in [0.25, 0.3) is 0 Å². The Morgan fingerprint density at radius 1 is 1.08 bits per heavy atom. The van der Waals surface area contributed by atoms with Crippen molar-refractivity contribution in [2.24, 2.45) is 11.3 Å². The fourth-order valence-corrected chi connectivity index (χ4v) is 4.63. The molecule has 2 saturated heterocycles. The summed E-state index contributed by atoms with van der Waals surface area (Å²) in [6, 6.07) is 6.03. The quantitative estimate of drug-likeness (QED) is 0.784. The molecule has 2 aliphatic heterocycles. The van der Waals surface area contributed by atoms with Crippen molar-refractivity contribution in [1.82, 2.24) is 9.80 Å². The Labute approximate surface area is 156 Å².